The molecule has 0 amide bonds. The van der Waals surface area contributed by atoms with Gasteiger partial charge in [0.2, 0.25) is 0 Å². The van der Waals surface area contributed by atoms with E-state index in [0.29, 0.717) is 30.8 Å². The van der Waals surface area contributed by atoms with Crippen molar-refractivity contribution < 1.29 is 27.2 Å². The number of carbonyl (C=O) groups excluding carboxylic acids is 1. The van der Waals surface area contributed by atoms with Gasteiger partial charge in [-0.05, 0) is 24.8 Å². The van der Waals surface area contributed by atoms with Crippen LogP contribution < -0.4 is 0 Å². The van der Waals surface area contributed by atoms with E-state index in [1.165, 1.54) is 0 Å². The molecule has 0 radical (unpaired) electrons. The largest absolute Gasteiger partial charge is 0.455 e. The Balaban J connectivity index is 1.34. The number of aromatic nitrogens is 4. The van der Waals surface area contributed by atoms with Gasteiger partial charge in [0.05, 0.1) is 5.92 Å². The fraction of sp³-hybridized carbons (Fsp3) is 0.368. The highest BCUT2D eigenvalue weighted by molar-refractivity contribution is 5.73. The van der Waals surface area contributed by atoms with Gasteiger partial charge in [0, 0.05) is 17.7 Å². The molecule has 3 aromatic rings. The predicted octanol–water partition coefficient (Wildman–Crippen LogP) is 3.25. The molecule has 0 bridgehead atoms. The smallest absolute Gasteiger partial charge is 0.435 e. The maximum absolute atomic E-state index is 13.0. The molecule has 1 atom stereocenters. The Hall–Kier alpha value is -3.17. The van der Waals surface area contributed by atoms with Crippen LogP contribution in [0.4, 0.5) is 13.2 Å². The first-order valence-corrected chi connectivity index (χ1v) is 9.05. The van der Waals surface area contributed by atoms with Gasteiger partial charge >= 0.3 is 12.1 Å². The third-order valence-corrected chi connectivity index (χ3v) is 4.80. The van der Waals surface area contributed by atoms with Crippen LogP contribution in [0.2, 0.25) is 0 Å². The van der Waals surface area contributed by atoms with Gasteiger partial charge in [0.25, 0.3) is 5.89 Å². The van der Waals surface area contributed by atoms with Crippen LogP contribution in [-0.2, 0) is 41.6 Å². The predicted molar refractivity (Wildman–Crippen MR) is 92.4 cm³/mol. The first-order chi connectivity index (χ1) is 13.9. The highest BCUT2D eigenvalue weighted by Crippen LogP contribution is 2.36. The minimum Gasteiger partial charge on any atom is -0.455 e. The summed E-state index contributed by atoms with van der Waals surface area (Å²) in [6.45, 7) is -0.221. The molecular weight excluding hydrogens is 389 g/mol. The molecule has 0 unspecified atom stereocenters. The lowest BCUT2D eigenvalue weighted by atomic mass is 9.86. The average Bonchev–Trinajstić information content (AvgIpc) is 3.32. The van der Waals surface area contributed by atoms with E-state index in [1.54, 1.807) is 0 Å². The lowest BCUT2D eigenvalue weighted by Crippen LogP contribution is -2.25. The van der Waals surface area contributed by atoms with Crippen molar-refractivity contribution in [2.75, 3.05) is 0 Å². The van der Waals surface area contributed by atoms with Gasteiger partial charge in [-0.1, -0.05) is 35.5 Å². The number of halogens is 3. The summed E-state index contributed by atoms with van der Waals surface area (Å²) in [5.74, 6) is -0.668. The molecule has 29 heavy (non-hydrogen) atoms. The molecule has 0 aliphatic heterocycles. The number of H-pyrrole nitrogens is 1. The molecule has 1 aliphatic rings. The zero-order valence-corrected chi connectivity index (χ0v) is 15.2. The van der Waals surface area contributed by atoms with Crippen molar-refractivity contribution in [3.63, 3.8) is 0 Å². The summed E-state index contributed by atoms with van der Waals surface area (Å²) >= 11 is 0. The van der Waals surface area contributed by atoms with Gasteiger partial charge in [-0.3, -0.25) is 9.89 Å². The molecule has 1 aliphatic carbocycles. The van der Waals surface area contributed by atoms with E-state index in [4.69, 9.17) is 9.26 Å². The van der Waals surface area contributed by atoms with Crippen molar-refractivity contribution in [3.8, 4) is 0 Å². The van der Waals surface area contributed by atoms with Crippen LogP contribution in [0.3, 0.4) is 0 Å². The lowest BCUT2D eigenvalue weighted by Gasteiger charge is -2.21. The Kier molecular flexibility index (Phi) is 5.08. The molecular formula is C19H17F3N4O3. The summed E-state index contributed by atoms with van der Waals surface area (Å²) in [6, 6.07) is 9.56. The van der Waals surface area contributed by atoms with Crippen LogP contribution in [0.1, 0.15) is 40.7 Å². The molecule has 4 rings (SSSR count). The SMILES string of the molecule is O=C(OCc1nc(Cc2ccccc2)no1)[C@@H]1CCc2[nH]nc(C(F)(F)F)c2C1. The molecule has 0 spiro atoms. The molecule has 0 fully saturated rings. The van der Waals surface area contributed by atoms with E-state index in [-0.39, 0.29) is 24.5 Å². The van der Waals surface area contributed by atoms with E-state index in [0.717, 1.165) is 5.56 Å². The number of alkyl halides is 3. The molecule has 0 saturated carbocycles. The fourth-order valence-corrected chi connectivity index (χ4v) is 3.38. The van der Waals surface area contributed by atoms with Crippen molar-refractivity contribution in [2.45, 2.75) is 38.5 Å². The van der Waals surface area contributed by atoms with Crippen LogP contribution in [0, 0.1) is 5.92 Å². The van der Waals surface area contributed by atoms with Crippen LogP contribution in [0.25, 0.3) is 0 Å². The van der Waals surface area contributed by atoms with Crippen LogP contribution in [0.5, 0.6) is 0 Å². The van der Waals surface area contributed by atoms with Gasteiger partial charge in [0.1, 0.15) is 0 Å². The average molecular weight is 406 g/mol. The topological polar surface area (TPSA) is 93.9 Å². The number of hydrogen-bond donors (Lipinski definition) is 1. The summed E-state index contributed by atoms with van der Waals surface area (Å²) < 4.78 is 49.4. The van der Waals surface area contributed by atoms with Crippen LogP contribution >= 0.6 is 0 Å². The highest BCUT2D eigenvalue weighted by Gasteiger charge is 2.40. The monoisotopic (exact) mass is 406 g/mol. The third kappa shape index (κ3) is 4.30. The summed E-state index contributed by atoms with van der Waals surface area (Å²) in [4.78, 5) is 16.5. The number of hydrogen-bond acceptors (Lipinski definition) is 6. The number of rotatable bonds is 5. The van der Waals surface area contributed by atoms with Crippen molar-refractivity contribution >= 4 is 5.97 Å². The van der Waals surface area contributed by atoms with E-state index in [2.05, 4.69) is 20.3 Å². The Labute approximate surface area is 163 Å². The number of ether oxygens (including phenoxy) is 1. The molecule has 0 saturated heterocycles. The number of carbonyl (C=O) groups is 1. The molecule has 10 heteroatoms. The Morgan fingerprint density at radius 3 is 2.83 bits per heavy atom. The Morgan fingerprint density at radius 1 is 1.28 bits per heavy atom. The van der Waals surface area contributed by atoms with Gasteiger partial charge in [-0.25, -0.2) is 0 Å². The van der Waals surface area contributed by atoms with Gasteiger partial charge in [0.15, 0.2) is 18.1 Å². The maximum atomic E-state index is 13.0. The van der Waals surface area contributed by atoms with E-state index in [1.807, 2.05) is 30.3 Å². The summed E-state index contributed by atoms with van der Waals surface area (Å²) in [7, 11) is 0. The Morgan fingerprint density at radius 2 is 2.07 bits per heavy atom. The highest BCUT2D eigenvalue weighted by atomic mass is 19.4. The van der Waals surface area contributed by atoms with Gasteiger partial charge < -0.3 is 9.26 Å². The van der Waals surface area contributed by atoms with Crippen LogP contribution in [-0.4, -0.2) is 26.3 Å². The molecule has 1 N–H and O–H groups in total. The minimum atomic E-state index is -4.56. The molecule has 2 heterocycles. The van der Waals surface area contributed by atoms with Crippen molar-refractivity contribution in [1.82, 2.24) is 20.3 Å². The van der Waals surface area contributed by atoms with Crippen LogP contribution in [0.15, 0.2) is 34.9 Å². The summed E-state index contributed by atoms with van der Waals surface area (Å²) in [5, 5.41) is 9.62. The summed E-state index contributed by atoms with van der Waals surface area (Å²) in [6.07, 6.45) is -3.46. The zero-order valence-electron chi connectivity index (χ0n) is 15.2. The number of nitrogens with one attached hydrogen (secondary N) is 1. The van der Waals surface area contributed by atoms with E-state index < -0.39 is 23.8 Å². The number of esters is 1. The number of aromatic amines is 1. The minimum absolute atomic E-state index is 0.0358. The normalized spacial score (nSPS) is 16.4. The number of nitrogens with zero attached hydrogens (tertiary/aromatic N) is 3. The van der Waals surface area contributed by atoms with Crippen molar-refractivity contribution in [2.24, 2.45) is 5.92 Å². The third-order valence-electron chi connectivity index (χ3n) is 4.80. The summed E-state index contributed by atoms with van der Waals surface area (Å²) in [5.41, 5.74) is 0.500. The first-order valence-electron chi connectivity index (χ1n) is 9.05. The first kappa shape index (κ1) is 19.2. The molecule has 2 aromatic heterocycles. The molecule has 1 aromatic carbocycles. The van der Waals surface area contributed by atoms with Gasteiger partial charge in [-0.15, -0.1) is 0 Å². The molecule has 7 nitrogen and oxygen atoms in total. The maximum Gasteiger partial charge on any atom is 0.435 e. The lowest BCUT2D eigenvalue weighted by molar-refractivity contribution is -0.152. The second-order valence-corrected chi connectivity index (χ2v) is 6.84. The quantitative estimate of drug-likeness (QED) is 0.654. The second-order valence-electron chi connectivity index (χ2n) is 6.84. The van der Waals surface area contributed by atoms with Crippen molar-refractivity contribution in [1.29, 1.82) is 0 Å². The number of fused-ring (bicyclic) bond motifs is 1. The number of benzene rings is 1. The number of aryl methyl sites for hydroxylation is 1. The zero-order chi connectivity index (χ0) is 20.4. The fourth-order valence-electron chi connectivity index (χ4n) is 3.38. The van der Waals surface area contributed by atoms with E-state index in [9.17, 15) is 18.0 Å². The van der Waals surface area contributed by atoms with Gasteiger partial charge in [-0.2, -0.15) is 23.3 Å². The van der Waals surface area contributed by atoms with Crippen molar-refractivity contribution in [3.05, 3.63) is 64.6 Å². The molecule has 152 valence electrons. The standard InChI is InChI=1S/C19H17F3N4O3/c20-19(21,22)17-13-9-12(6-7-14(13)24-25-17)18(27)28-10-16-23-15(26-29-16)8-11-4-2-1-3-5-11/h1-5,12H,6-10H2,(H,24,25)/t12-/m1/s1. The van der Waals surface area contributed by atoms with E-state index >= 15 is 0 Å². The Bertz CT molecular complexity index is 998. The second kappa shape index (κ2) is 7.69.